The standard InChI is InChI=1S/C8H8ClN/c1-3-4-8(6-10)5-7(2)9/h3-5H,2H2,1H3/b4-3-,8-5+. The van der Waals surface area contributed by atoms with Gasteiger partial charge in [0.15, 0.2) is 0 Å². The summed E-state index contributed by atoms with van der Waals surface area (Å²) in [4.78, 5) is 0. The molecular weight excluding hydrogens is 146 g/mol. The molecule has 0 aliphatic heterocycles. The highest BCUT2D eigenvalue weighted by Gasteiger charge is 1.86. The molecule has 0 aromatic rings. The van der Waals surface area contributed by atoms with Gasteiger partial charge in [0.1, 0.15) is 0 Å². The third-order valence-corrected chi connectivity index (χ3v) is 0.897. The van der Waals surface area contributed by atoms with Crippen molar-refractivity contribution in [3.63, 3.8) is 0 Å². The van der Waals surface area contributed by atoms with Crippen LogP contribution in [0.3, 0.4) is 0 Å². The Balaban J connectivity index is 4.38. The second-order valence-electron chi connectivity index (χ2n) is 1.66. The summed E-state index contributed by atoms with van der Waals surface area (Å²) >= 11 is 5.43. The lowest BCUT2D eigenvalue weighted by Gasteiger charge is -1.84. The molecule has 0 heterocycles. The summed E-state index contributed by atoms with van der Waals surface area (Å²) in [6.07, 6.45) is 4.96. The molecule has 0 radical (unpaired) electrons. The van der Waals surface area contributed by atoms with Crippen molar-refractivity contribution in [1.82, 2.24) is 0 Å². The Labute approximate surface area is 65.9 Å². The van der Waals surface area contributed by atoms with E-state index in [1.54, 1.807) is 12.2 Å². The van der Waals surface area contributed by atoms with Gasteiger partial charge in [0, 0.05) is 5.03 Å². The minimum absolute atomic E-state index is 0.370. The average molecular weight is 154 g/mol. The van der Waals surface area contributed by atoms with Gasteiger partial charge in [0.05, 0.1) is 11.6 Å². The zero-order valence-electron chi connectivity index (χ0n) is 5.76. The fourth-order valence-electron chi connectivity index (χ4n) is 0.466. The van der Waals surface area contributed by atoms with Crippen LogP contribution in [0.15, 0.2) is 35.4 Å². The second kappa shape index (κ2) is 4.84. The molecule has 0 amide bonds. The van der Waals surface area contributed by atoms with Gasteiger partial charge in [0.25, 0.3) is 0 Å². The molecule has 1 nitrogen and oxygen atoms in total. The van der Waals surface area contributed by atoms with Crippen molar-refractivity contribution in [3.8, 4) is 6.07 Å². The van der Waals surface area contributed by atoms with E-state index in [2.05, 4.69) is 6.58 Å². The lowest BCUT2D eigenvalue weighted by atomic mass is 10.2. The average Bonchev–Trinajstić information content (AvgIpc) is 1.86. The Morgan fingerprint density at radius 2 is 2.30 bits per heavy atom. The predicted molar refractivity (Wildman–Crippen MR) is 43.5 cm³/mol. The Morgan fingerprint density at radius 1 is 1.70 bits per heavy atom. The molecule has 0 N–H and O–H groups in total. The van der Waals surface area contributed by atoms with Crippen LogP contribution >= 0.6 is 11.6 Å². The number of allylic oxidation sites excluding steroid dienone is 5. The smallest absolute Gasteiger partial charge is 0.0992 e. The minimum Gasteiger partial charge on any atom is -0.192 e. The number of rotatable bonds is 2. The fraction of sp³-hybridized carbons (Fsp3) is 0.125. The summed E-state index contributed by atoms with van der Waals surface area (Å²) in [6, 6.07) is 1.96. The van der Waals surface area contributed by atoms with E-state index in [1.165, 1.54) is 6.08 Å². The third-order valence-electron chi connectivity index (χ3n) is 0.787. The van der Waals surface area contributed by atoms with Crippen LogP contribution in [-0.4, -0.2) is 0 Å². The zero-order valence-corrected chi connectivity index (χ0v) is 6.52. The highest BCUT2D eigenvalue weighted by atomic mass is 35.5. The Morgan fingerprint density at radius 3 is 2.60 bits per heavy atom. The van der Waals surface area contributed by atoms with Crippen molar-refractivity contribution in [2.45, 2.75) is 6.92 Å². The third kappa shape index (κ3) is 3.94. The summed E-state index contributed by atoms with van der Waals surface area (Å²) < 4.78 is 0. The van der Waals surface area contributed by atoms with E-state index in [0.717, 1.165) is 0 Å². The molecule has 0 aliphatic rings. The summed E-state index contributed by atoms with van der Waals surface area (Å²) in [5, 5.41) is 8.81. The van der Waals surface area contributed by atoms with Gasteiger partial charge in [-0.1, -0.05) is 24.3 Å². The van der Waals surface area contributed by atoms with Crippen LogP contribution in [0.25, 0.3) is 0 Å². The molecule has 10 heavy (non-hydrogen) atoms. The van der Waals surface area contributed by atoms with E-state index >= 15 is 0 Å². The van der Waals surface area contributed by atoms with Gasteiger partial charge in [-0.2, -0.15) is 5.26 Å². The van der Waals surface area contributed by atoms with Crippen molar-refractivity contribution in [2.24, 2.45) is 0 Å². The number of nitriles is 1. The molecule has 0 aliphatic carbocycles. The molecule has 2 heteroatoms. The zero-order chi connectivity index (χ0) is 7.98. The van der Waals surface area contributed by atoms with E-state index < -0.39 is 0 Å². The maximum atomic E-state index is 8.44. The first kappa shape index (κ1) is 9.00. The van der Waals surface area contributed by atoms with Gasteiger partial charge in [-0.3, -0.25) is 0 Å². The van der Waals surface area contributed by atoms with Crippen molar-refractivity contribution in [3.05, 3.63) is 35.4 Å². The number of halogens is 1. The molecule has 52 valence electrons. The topological polar surface area (TPSA) is 23.8 Å². The molecule has 0 spiro atoms. The first-order chi connectivity index (χ1) is 4.70. The van der Waals surface area contributed by atoms with Crippen LogP contribution in [-0.2, 0) is 0 Å². The Kier molecular flexibility index (Phi) is 4.36. The molecule has 0 bridgehead atoms. The van der Waals surface area contributed by atoms with Gasteiger partial charge in [-0.05, 0) is 19.1 Å². The van der Waals surface area contributed by atoms with E-state index in [9.17, 15) is 0 Å². The van der Waals surface area contributed by atoms with Gasteiger partial charge < -0.3 is 0 Å². The van der Waals surface area contributed by atoms with Crippen LogP contribution < -0.4 is 0 Å². The molecule has 0 atom stereocenters. The SMILES string of the molecule is C=C(Cl)/C=C(C#N)\C=C/C. The largest absolute Gasteiger partial charge is 0.192 e. The molecule has 0 aromatic heterocycles. The van der Waals surface area contributed by atoms with Gasteiger partial charge in [-0.25, -0.2) is 0 Å². The second-order valence-corrected chi connectivity index (χ2v) is 2.14. The number of hydrogen-bond acceptors (Lipinski definition) is 1. The van der Waals surface area contributed by atoms with Gasteiger partial charge in [-0.15, -0.1) is 0 Å². The predicted octanol–water partition coefficient (Wildman–Crippen LogP) is 2.76. The molecule has 0 fully saturated rings. The minimum atomic E-state index is 0.370. The van der Waals surface area contributed by atoms with E-state index in [4.69, 9.17) is 16.9 Å². The first-order valence-corrected chi connectivity index (χ1v) is 3.17. The number of hydrogen-bond donors (Lipinski definition) is 0. The van der Waals surface area contributed by atoms with Crippen molar-refractivity contribution in [2.75, 3.05) is 0 Å². The van der Waals surface area contributed by atoms with Crippen molar-refractivity contribution >= 4 is 11.6 Å². The van der Waals surface area contributed by atoms with Crippen molar-refractivity contribution < 1.29 is 0 Å². The molecule has 0 rings (SSSR count). The quantitative estimate of drug-likeness (QED) is 0.442. The maximum absolute atomic E-state index is 8.44. The highest BCUT2D eigenvalue weighted by molar-refractivity contribution is 6.30. The summed E-state index contributed by atoms with van der Waals surface area (Å²) in [5.41, 5.74) is 0.516. The van der Waals surface area contributed by atoms with Crippen molar-refractivity contribution in [1.29, 1.82) is 5.26 Å². The van der Waals surface area contributed by atoms with E-state index in [0.29, 0.717) is 10.6 Å². The van der Waals surface area contributed by atoms with Crippen LogP contribution in [0.4, 0.5) is 0 Å². The Hall–Kier alpha value is -1.00. The maximum Gasteiger partial charge on any atom is 0.0992 e. The van der Waals surface area contributed by atoms with Crippen LogP contribution in [0.1, 0.15) is 6.92 Å². The molecular formula is C8H8ClN. The van der Waals surface area contributed by atoms with Gasteiger partial charge in [0.2, 0.25) is 0 Å². The normalized spacial score (nSPS) is 11.5. The molecule has 0 saturated carbocycles. The molecule has 0 saturated heterocycles. The monoisotopic (exact) mass is 153 g/mol. The summed E-state index contributed by atoms with van der Waals surface area (Å²) in [6.45, 7) is 5.26. The van der Waals surface area contributed by atoms with Crippen LogP contribution in [0, 0.1) is 11.3 Å². The summed E-state index contributed by atoms with van der Waals surface area (Å²) in [7, 11) is 0. The highest BCUT2D eigenvalue weighted by Crippen LogP contribution is 2.04. The first-order valence-electron chi connectivity index (χ1n) is 2.79. The summed E-state index contributed by atoms with van der Waals surface area (Å²) in [5.74, 6) is 0. The molecule has 0 unspecified atom stereocenters. The molecule has 0 aromatic carbocycles. The lowest BCUT2D eigenvalue weighted by molar-refractivity contribution is 1.49. The fourth-order valence-corrected chi connectivity index (χ4v) is 0.583. The van der Waals surface area contributed by atoms with Gasteiger partial charge >= 0.3 is 0 Å². The Bertz CT molecular complexity index is 218. The lowest BCUT2D eigenvalue weighted by Crippen LogP contribution is -1.69. The number of nitrogens with zero attached hydrogens (tertiary/aromatic N) is 1. The van der Waals surface area contributed by atoms with Crippen LogP contribution in [0.5, 0.6) is 0 Å². The van der Waals surface area contributed by atoms with E-state index in [1.807, 2.05) is 13.0 Å². The van der Waals surface area contributed by atoms with E-state index in [-0.39, 0.29) is 0 Å². The van der Waals surface area contributed by atoms with Crippen LogP contribution in [0.2, 0.25) is 0 Å².